The quantitative estimate of drug-likeness (QED) is 0.702. The SMILES string of the molecule is CCOc1ccc(/C=C/C(=O)Nc2ccc(-n3cccn3)nc2)cc1. The fourth-order valence-electron chi connectivity index (χ4n) is 2.20. The van der Waals surface area contributed by atoms with Crippen molar-refractivity contribution in [3.63, 3.8) is 0 Å². The lowest BCUT2D eigenvalue weighted by Gasteiger charge is -2.04. The van der Waals surface area contributed by atoms with E-state index in [0.717, 1.165) is 11.3 Å². The smallest absolute Gasteiger partial charge is 0.248 e. The van der Waals surface area contributed by atoms with Gasteiger partial charge in [0.15, 0.2) is 5.82 Å². The largest absolute Gasteiger partial charge is 0.494 e. The Morgan fingerprint density at radius 3 is 2.72 bits per heavy atom. The lowest BCUT2D eigenvalue weighted by Crippen LogP contribution is -2.08. The third kappa shape index (κ3) is 4.54. The first-order valence-corrected chi connectivity index (χ1v) is 7.92. The number of nitrogens with one attached hydrogen (secondary N) is 1. The van der Waals surface area contributed by atoms with E-state index in [4.69, 9.17) is 4.74 Å². The summed E-state index contributed by atoms with van der Waals surface area (Å²) in [5, 5.41) is 6.88. The van der Waals surface area contributed by atoms with Crippen LogP contribution in [-0.2, 0) is 4.79 Å². The maximum atomic E-state index is 12.0. The third-order valence-electron chi connectivity index (χ3n) is 3.37. The minimum absolute atomic E-state index is 0.220. The number of nitrogens with zero attached hydrogens (tertiary/aromatic N) is 3. The number of pyridine rings is 1. The molecule has 6 nitrogen and oxygen atoms in total. The van der Waals surface area contributed by atoms with E-state index < -0.39 is 0 Å². The molecule has 0 aliphatic rings. The number of aromatic nitrogens is 3. The molecular weight excluding hydrogens is 316 g/mol. The zero-order valence-corrected chi connectivity index (χ0v) is 13.8. The highest BCUT2D eigenvalue weighted by atomic mass is 16.5. The molecular formula is C19H18N4O2. The molecule has 0 fully saturated rings. The summed E-state index contributed by atoms with van der Waals surface area (Å²) < 4.78 is 7.04. The van der Waals surface area contributed by atoms with E-state index in [1.165, 1.54) is 6.08 Å². The minimum Gasteiger partial charge on any atom is -0.494 e. The topological polar surface area (TPSA) is 69.0 Å². The summed E-state index contributed by atoms with van der Waals surface area (Å²) in [7, 11) is 0. The van der Waals surface area contributed by atoms with Crippen molar-refractivity contribution < 1.29 is 9.53 Å². The standard InChI is InChI=1S/C19H18N4O2/c1-2-25-17-8-4-15(5-9-17)6-11-19(24)22-16-7-10-18(20-14-16)23-13-3-12-21-23/h3-14H,2H2,1H3,(H,22,24)/b11-6+. The molecule has 0 saturated carbocycles. The Morgan fingerprint density at radius 1 is 1.24 bits per heavy atom. The van der Waals surface area contributed by atoms with Crippen LogP contribution in [0.1, 0.15) is 12.5 Å². The summed E-state index contributed by atoms with van der Waals surface area (Å²) in [6, 6.07) is 12.9. The van der Waals surface area contributed by atoms with Gasteiger partial charge in [0.1, 0.15) is 5.75 Å². The molecule has 0 aliphatic heterocycles. The predicted octanol–water partition coefficient (Wildman–Crippen LogP) is 3.32. The van der Waals surface area contributed by atoms with Crippen LogP contribution in [-0.4, -0.2) is 27.3 Å². The van der Waals surface area contributed by atoms with Crippen molar-refractivity contribution >= 4 is 17.7 Å². The van der Waals surface area contributed by atoms with E-state index in [9.17, 15) is 4.79 Å². The van der Waals surface area contributed by atoms with E-state index in [-0.39, 0.29) is 5.91 Å². The van der Waals surface area contributed by atoms with Crippen molar-refractivity contribution in [2.75, 3.05) is 11.9 Å². The van der Waals surface area contributed by atoms with Crippen molar-refractivity contribution in [1.82, 2.24) is 14.8 Å². The van der Waals surface area contributed by atoms with Crippen LogP contribution in [0.4, 0.5) is 5.69 Å². The summed E-state index contributed by atoms with van der Waals surface area (Å²) >= 11 is 0. The molecule has 2 aromatic heterocycles. The highest BCUT2D eigenvalue weighted by Crippen LogP contribution is 2.13. The van der Waals surface area contributed by atoms with E-state index >= 15 is 0 Å². The molecule has 1 N–H and O–H groups in total. The van der Waals surface area contributed by atoms with Gasteiger partial charge in [-0.1, -0.05) is 12.1 Å². The van der Waals surface area contributed by atoms with Crippen molar-refractivity contribution in [2.45, 2.75) is 6.92 Å². The highest BCUT2D eigenvalue weighted by Gasteiger charge is 2.01. The van der Waals surface area contributed by atoms with Gasteiger partial charge < -0.3 is 10.1 Å². The number of anilines is 1. The van der Waals surface area contributed by atoms with Crippen LogP contribution < -0.4 is 10.1 Å². The molecule has 2 heterocycles. The molecule has 1 amide bonds. The van der Waals surface area contributed by atoms with Crippen LogP contribution in [0.3, 0.4) is 0 Å². The van der Waals surface area contributed by atoms with Gasteiger partial charge >= 0.3 is 0 Å². The average molecular weight is 334 g/mol. The van der Waals surface area contributed by atoms with Gasteiger partial charge in [0.25, 0.3) is 0 Å². The fourth-order valence-corrected chi connectivity index (χ4v) is 2.20. The molecule has 126 valence electrons. The van der Waals surface area contributed by atoms with Gasteiger partial charge in [0.2, 0.25) is 5.91 Å². The summed E-state index contributed by atoms with van der Waals surface area (Å²) in [6.07, 6.45) is 8.32. The van der Waals surface area contributed by atoms with Crippen LogP contribution in [0.25, 0.3) is 11.9 Å². The molecule has 3 rings (SSSR count). The molecule has 0 atom stereocenters. The number of amides is 1. The molecule has 25 heavy (non-hydrogen) atoms. The number of hydrogen-bond acceptors (Lipinski definition) is 4. The van der Waals surface area contributed by atoms with Crippen molar-refractivity contribution in [3.8, 4) is 11.6 Å². The highest BCUT2D eigenvalue weighted by molar-refractivity contribution is 6.01. The number of benzene rings is 1. The normalized spacial score (nSPS) is 10.8. The van der Waals surface area contributed by atoms with Gasteiger partial charge in [0, 0.05) is 18.5 Å². The lowest BCUT2D eigenvalue weighted by atomic mass is 10.2. The second kappa shape index (κ2) is 7.92. The molecule has 0 unspecified atom stereocenters. The first kappa shape index (κ1) is 16.4. The molecule has 0 spiro atoms. The zero-order chi connectivity index (χ0) is 17.5. The van der Waals surface area contributed by atoms with Crippen molar-refractivity contribution in [3.05, 3.63) is 72.7 Å². The Labute approximate surface area is 145 Å². The first-order chi connectivity index (χ1) is 12.2. The van der Waals surface area contributed by atoms with Crippen LogP contribution >= 0.6 is 0 Å². The summed E-state index contributed by atoms with van der Waals surface area (Å²) in [5.74, 6) is 1.28. The van der Waals surface area contributed by atoms with Crippen LogP contribution in [0, 0.1) is 0 Å². The van der Waals surface area contributed by atoms with Gasteiger partial charge in [-0.2, -0.15) is 5.10 Å². The number of ether oxygens (including phenoxy) is 1. The average Bonchev–Trinajstić information content (AvgIpc) is 3.17. The number of carbonyl (C=O) groups is 1. The van der Waals surface area contributed by atoms with Crippen LogP contribution in [0.5, 0.6) is 5.75 Å². The second-order valence-electron chi connectivity index (χ2n) is 5.18. The molecule has 6 heteroatoms. The van der Waals surface area contributed by atoms with E-state index in [1.54, 1.807) is 41.5 Å². The Hall–Kier alpha value is -3.41. The van der Waals surface area contributed by atoms with Gasteiger partial charge in [0.05, 0.1) is 18.5 Å². The third-order valence-corrected chi connectivity index (χ3v) is 3.37. The molecule has 0 saturated heterocycles. The molecule has 0 radical (unpaired) electrons. The monoisotopic (exact) mass is 334 g/mol. The molecule has 0 aliphatic carbocycles. The summed E-state index contributed by atoms with van der Waals surface area (Å²) in [6.45, 7) is 2.57. The zero-order valence-electron chi connectivity index (χ0n) is 13.8. The number of hydrogen-bond donors (Lipinski definition) is 1. The Bertz CT molecular complexity index is 838. The number of rotatable bonds is 6. The van der Waals surface area contributed by atoms with E-state index in [0.29, 0.717) is 18.1 Å². The van der Waals surface area contributed by atoms with Gasteiger partial charge in [-0.25, -0.2) is 9.67 Å². The summed E-state index contributed by atoms with van der Waals surface area (Å²) in [5.41, 5.74) is 1.54. The predicted molar refractivity (Wildman–Crippen MR) is 96.6 cm³/mol. The van der Waals surface area contributed by atoms with Gasteiger partial charge in [-0.3, -0.25) is 4.79 Å². The van der Waals surface area contributed by atoms with Crippen LogP contribution in [0.15, 0.2) is 67.1 Å². The molecule has 0 bridgehead atoms. The number of carbonyl (C=O) groups excluding carboxylic acids is 1. The lowest BCUT2D eigenvalue weighted by molar-refractivity contribution is -0.111. The maximum Gasteiger partial charge on any atom is 0.248 e. The summed E-state index contributed by atoms with van der Waals surface area (Å²) in [4.78, 5) is 16.3. The fraction of sp³-hybridized carbons (Fsp3) is 0.105. The Morgan fingerprint density at radius 2 is 2.08 bits per heavy atom. The van der Waals surface area contributed by atoms with Crippen LogP contribution in [0.2, 0.25) is 0 Å². The molecule has 3 aromatic rings. The van der Waals surface area contributed by atoms with Crippen molar-refractivity contribution in [1.29, 1.82) is 0 Å². The van der Waals surface area contributed by atoms with E-state index in [1.807, 2.05) is 37.3 Å². The molecule has 1 aromatic carbocycles. The maximum absolute atomic E-state index is 12.0. The van der Waals surface area contributed by atoms with Gasteiger partial charge in [-0.05, 0) is 48.9 Å². The van der Waals surface area contributed by atoms with Crippen molar-refractivity contribution in [2.24, 2.45) is 0 Å². The Kier molecular flexibility index (Phi) is 5.21. The van der Waals surface area contributed by atoms with E-state index in [2.05, 4.69) is 15.4 Å². The Balaban J connectivity index is 1.58. The minimum atomic E-state index is -0.220. The first-order valence-electron chi connectivity index (χ1n) is 7.92. The van der Waals surface area contributed by atoms with Gasteiger partial charge in [-0.15, -0.1) is 0 Å². The second-order valence-corrected chi connectivity index (χ2v) is 5.18.